The molecular formula is C15H27IN4O2S. The van der Waals surface area contributed by atoms with Crippen LogP contribution in [0.1, 0.15) is 27.2 Å². The molecule has 132 valence electrons. The first-order valence-corrected chi connectivity index (χ1v) is 9.07. The van der Waals surface area contributed by atoms with Crippen molar-refractivity contribution in [2.75, 3.05) is 19.6 Å². The van der Waals surface area contributed by atoms with Gasteiger partial charge < -0.3 is 10.6 Å². The molecule has 0 aliphatic heterocycles. The van der Waals surface area contributed by atoms with Crippen LogP contribution in [0.4, 0.5) is 0 Å². The minimum atomic E-state index is -3.46. The van der Waals surface area contributed by atoms with Crippen molar-refractivity contribution < 1.29 is 8.42 Å². The SMILES string of the molecule is CCNC(=NCCNS(=O)(=O)c1ccccc1)NC(C)CC.I. The first kappa shape index (κ1) is 22.1. The number of rotatable bonds is 8. The quantitative estimate of drug-likeness (QED) is 0.243. The number of nitrogens with one attached hydrogen (secondary N) is 3. The van der Waals surface area contributed by atoms with Gasteiger partial charge in [0.2, 0.25) is 10.0 Å². The molecule has 1 unspecified atom stereocenters. The molecule has 1 rings (SSSR count). The number of halogens is 1. The summed E-state index contributed by atoms with van der Waals surface area (Å²) in [7, 11) is -3.46. The molecule has 0 aliphatic carbocycles. The normalized spacial score (nSPS) is 13.1. The Hall–Kier alpha value is -0.870. The molecule has 0 amide bonds. The molecule has 1 aromatic rings. The number of sulfonamides is 1. The van der Waals surface area contributed by atoms with E-state index in [1.807, 2.05) is 6.92 Å². The summed E-state index contributed by atoms with van der Waals surface area (Å²) in [6.07, 6.45) is 0.991. The molecule has 0 aromatic heterocycles. The molecular weight excluding hydrogens is 427 g/mol. The number of hydrogen-bond donors (Lipinski definition) is 3. The monoisotopic (exact) mass is 454 g/mol. The molecule has 0 saturated heterocycles. The second-order valence-electron chi connectivity index (χ2n) is 4.93. The molecule has 23 heavy (non-hydrogen) atoms. The lowest BCUT2D eigenvalue weighted by Crippen LogP contribution is -2.42. The molecule has 0 saturated carbocycles. The summed E-state index contributed by atoms with van der Waals surface area (Å²) in [6.45, 7) is 7.55. The summed E-state index contributed by atoms with van der Waals surface area (Å²) in [6, 6.07) is 8.64. The van der Waals surface area contributed by atoms with Crippen LogP contribution >= 0.6 is 24.0 Å². The van der Waals surface area contributed by atoms with E-state index in [4.69, 9.17) is 0 Å². The summed E-state index contributed by atoms with van der Waals surface area (Å²) in [5, 5.41) is 6.40. The third kappa shape index (κ3) is 8.52. The average Bonchev–Trinajstić information content (AvgIpc) is 2.52. The molecule has 8 heteroatoms. The maximum absolute atomic E-state index is 12.0. The van der Waals surface area contributed by atoms with Crippen molar-refractivity contribution in [1.82, 2.24) is 15.4 Å². The van der Waals surface area contributed by atoms with Crippen molar-refractivity contribution in [3.63, 3.8) is 0 Å². The molecule has 0 spiro atoms. The lowest BCUT2D eigenvalue weighted by atomic mass is 10.3. The zero-order valence-electron chi connectivity index (χ0n) is 13.9. The zero-order chi connectivity index (χ0) is 16.4. The summed E-state index contributed by atoms with van der Waals surface area (Å²) >= 11 is 0. The lowest BCUT2D eigenvalue weighted by molar-refractivity contribution is 0.581. The van der Waals surface area contributed by atoms with Crippen LogP contribution in [0.25, 0.3) is 0 Å². The Balaban J connectivity index is 0.00000484. The Morgan fingerprint density at radius 3 is 2.43 bits per heavy atom. The number of aliphatic imine (C=N–C) groups is 1. The molecule has 0 fully saturated rings. The highest BCUT2D eigenvalue weighted by molar-refractivity contribution is 14.0. The van der Waals surface area contributed by atoms with E-state index in [9.17, 15) is 8.42 Å². The highest BCUT2D eigenvalue weighted by Gasteiger charge is 2.11. The van der Waals surface area contributed by atoms with Crippen LogP contribution < -0.4 is 15.4 Å². The van der Waals surface area contributed by atoms with Crippen LogP contribution in [0.2, 0.25) is 0 Å². The van der Waals surface area contributed by atoms with E-state index in [-0.39, 0.29) is 35.4 Å². The van der Waals surface area contributed by atoms with E-state index in [2.05, 4.69) is 34.2 Å². The molecule has 0 radical (unpaired) electrons. The Kier molecular flexibility index (Phi) is 11.2. The summed E-state index contributed by atoms with van der Waals surface area (Å²) in [5.41, 5.74) is 0. The average molecular weight is 454 g/mol. The standard InChI is InChI=1S/C15H26N4O2S.HI/c1-4-13(3)19-15(16-5-2)17-11-12-18-22(20,21)14-9-7-6-8-10-14;/h6-10,13,18H,4-5,11-12H2,1-3H3,(H2,16,17,19);1H. The van der Waals surface area contributed by atoms with Crippen molar-refractivity contribution in [1.29, 1.82) is 0 Å². The Labute approximate surface area is 156 Å². The van der Waals surface area contributed by atoms with Crippen LogP contribution in [0.15, 0.2) is 40.2 Å². The number of hydrogen-bond acceptors (Lipinski definition) is 3. The Morgan fingerprint density at radius 2 is 1.87 bits per heavy atom. The van der Waals surface area contributed by atoms with E-state index < -0.39 is 10.0 Å². The van der Waals surface area contributed by atoms with Crippen LogP contribution in [0.3, 0.4) is 0 Å². The molecule has 1 atom stereocenters. The van der Waals surface area contributed by atoms with E-state index >= 15 is 0 Å². The van der Waals surface area contributed by atoms with Gasteiger partial charge in [-0.2, -0.15) is 0 Å². The number of nitrogens with zero attached hydrogens (tertiary/aromatic N) is 1. The van der Waals surface area contributed by atoms with Gasteiger partial charge in [0.1, 0.15) is 0 Å². The van der Waals surface area contributed by atoms with E-state index in [1.54, 1.807) is 30.3 Å². The Morgan fingerprint density at radius 1 is 1.22 bits per heavy atom. The highest BCUT2D eigenvalue weighted by Crippen LogP contribution is 2.06. The molecule has 1 aromatic carbocycles. The second kappa shape index (κ2) is 11.6. The van der Waals surface area contributed by atoms with Crippen molar-refractivity contribution in [2.24, 2.45) is 4.99 Å². The molecule has 0 heterocycles. The van der Waals surface area contributed by atoms with Gasteiger partial charge in [-0.3, -0.25) is 4.99 Å². The smallest absolute Gasteiger partial charge is 0.240 e. The number of benzene rings is 1. The third-order valence-electron chi connectivity index (χ3n) is 3.07. The maximum Gasteiger partial charge on any atom is 0.240 e. The number of guanidine groups is 1. The predicted octanol–water partition coefficient (Wildman–Crippen LogP) is 1.94. The van der Waals surface area contributed by atoms with Gasteiger partial charge in [-0.05, 0) is 32.4 Å². The molecule has 0 aliphatic rings. The summed E-state index contributed by atoms with van der Waals surface area (Å²) < 4.78 is 26.6. The summed E-state index contributed by atoms with van der Waals surface area (Å²) in [4.78, 5) is 4.63. The van der Waals surface area contributed by atoms with Crippen molar-refractivity contribution >= 4 is 40.0 Å². The van der Waals surface area contributed by atoms with E-state index in [0.29, 0.717) is 18.5 Å². The largest absolute Gasteiger partial charge is 0.357 e. The van der Waals surface area contributed by atoms with Gasteiger partial charge in [-0.25, -0.2) is 13.1 Å². The molecule has 0 bridgehead atoms. The highest BCUT2D eigenvalue weighted by atomic mass is 127. The fourth-order valence-electron chi connectivity index (χ4n) is 1.69. The fourth-order valence-corrected chi connectivity index (χ4v) is 2.73. The first-order valence-electron chi connectivity index (χ1n) is 7.59. The van der Waals surface area contributed by atoms with Gasteiger partial charge in [0.05, 0.1) is 11.4 Å². The minimum absolute atomic E-state index is 0. The van der Waals surface area contributed by atoms with Crippen LogP contribution in [0, 0.1) is 0 Å². The van der Waals surface area contributed by atoms with Crippen molar-refractivity contribution in [3.8, 4) is 0 Å². The maximum atomic E-state index is 12.0. The summed E-state index contributed by atoms with van der Waals surface area (Å²) in [5.74, 6) is 0.704. The molecule has 6 nitrogen and oxygen atoms in total. The van der Waals surface area contributed by atoms with Crippen LogP contribution in [-0.4, -0.2) is 40.1 Å². The van der Waals surface area contributed by atoms with Crippen LogP contribution in [0.5, 0.6) is 0 Å². The van der Waals surface area contributed by atoms with Gasteiger partial charge in [0.15, 0.2) is 5.96 Å². The lowest BCUT2D eigenvalue weighted by Gasteiger charge is -2.16. The third-order valence-corrected chi connectivity index (χ3v) is 4.54. The van der Waals surface area contributed by atoms with Gasteiger partial charge in [0.25, 0.3) is 0 Å². The second-order valence-corrected chi connectivity index (χ2v) is 6.69. The van der Waals surface area contributed by atoms with Gasteiger partial charge >= 0.3 is 0 Å². The van der Waals surface area contributed by atoms with E-state index in [0.717, 1.165) is 13.0 Å². The minimum Gasteiger partial charge on any atom is -0.357 e. The fraction of sp³-hybridized carbons (Fsp3) is 0.533. The topological polar surface area (TPSA) is 82.6 Å². The zero-order valence-corrected chi connectivity index (χ0v) is 17.0. The van der Waals surface area contributed by atoms with Gasteiger partial charge in [-0.1, -0.05) is 25.1 Å². The van der Waals surface area contributed by atoms with Gasteiger partial charge in [-0.15, -0.1) is 24.0 Å². The predicted molar refractivity (Wildman–Crippen MR) is 106 cm³/mol. The molecule has 3 N–H and O–H groups in total. The van der Waals surface area contributed by atoms with Crippen molar-refractivity contribution in [2.45, 2.75) is 38.1 Å². The van der Waals surface area contributed by atoms with Gasteiger partial charge in [0, 0.05) is 19.1 Å². The first-order chi connectivity index (χ1) is 10.5. The van der Waals surface area contributed by atoms with Crippen LogP contribution in [-0.2, 0) is 10.0 Å². The Bertz CT molecular complexity index is 564. The van der Waals surface area contributed by atoms with Crippen molar-refractivity contribution in [3.05, 3.63) is 30.3 Å². The van der Waals surface area contributed by atoms with E-state index in [1.165, 1.54) is 0 Å².